The molecule has 1 saturated heterocycles. The van der Waals surface area contributed by atoms with Crippen LogP contribution in [0.2, 0.25) is 0 Å². The van der Waals surface area contributed by atoms with Crippen LogP contribution in [0.1, 0.15) is 10.4 Å². The normalized spacial score (nSPS) is 14.0. The van der Waals surface area contributed by atoms with Crippen molar-refractivity contribution in [3.05, 3.63) is 84.4 Å². The summed E-state index contributed by atoms with van der Waals surface area (Å²) in [5.74, 6) is 2.21. The topological polar surface area (TPSA) is 75.9 Å². The van der Waals surface area contributed by atoms with E-state index in [-0.39, 0.29) is 5.91 Å². The van der Waals surface area contributed by atoms with Crippen LogP contribution in [0.25, 0.3) is 27.9 Å². The maximum absolute atomic E-state index is 13.0. The number of ether oxygens (including phenoxy) is 1. The molecule has 1 aliphatic rings. The number of rotatable bonds is 4. The highest BCUT2D eigenvalue weighted by molar-refractivity contribution is 5.95. The third-order valence-corrected chi connectivity index (χ3v) is 6.45. The van der Waals surface area contributed by atoms with Crippen molar-refractivity contribution in [1.29, 1.82) is 0 Å². The van der Waals surface area contributed by atoms with E-state index >= 15 is 0 Å². The molecule has 8 nitrogen and oxygen atoms in total. The fraction of sp³-hybridized carbons (Fsp3) is 0.185. The van der Waals surface area contributed by atoms with Crippen LogP contribution >= 0.6 is 0 Å². The molecule has 5 aromatic rings. The van der Waals surface area contributed by atoms with Crippen molar-refractivity contribution in [2.24, 2.45) is 0 Å². The number of carbonyl (C=O) groups is 1. The highest BCUT2D eigenvalue weighted by Crippen LogP contribution is 2.33. The number of fused-ring (bicyclic) bond motifs is 3. The first-order chi connectivity index (χ1) is 17.2. The van der Waals surface area contributed by atoms with Crippen LogP contribution in [0.3, 0.4) is 0 Å². The van der Waals surface area contributed by atoms with Gasteiger partial charge in [0.2, 0.25) is 5.95 Å². The fourth-order valence-electron chi connectivity index (χ4n) is 4.65. The molecule has 174 valence electrons. The monoisotopic (exact) mass is 464 g/mol. The van der Waals surface area contributed by atoms with Gasteiger partial charge in [-0.3, -0.25) is 4.79 Å². The van der Waals surface area contributed by atoms with Crippen LogP contribution in [0.15, 0.2) is 78.9 Å². The molecule has 3 heterocycles. The maximum atomic E-state index is 13.0. The minimum atomic E-state index is 0.0564. The van der Waals surface area contributed by atoms with Crippen LogP contribution in [0.5, 0.6) is 5.75 Å². The predicted molar refractivity (Wildman–Crippen MR) is 135 cm³/mol. The summed E-state index contributed by atoms with van der Waals surface area (Å²) in [5, 5.41) is 10.1. The van der Waals surface area contributed by atoms with Gasteiger partial charge in [-0.2, -0.15) is 0 Å². The van der Waals surface area contributed by atoms with Crippen LogP contribution in [0.4, 0.5) is 5.95 Å². The molecule has 0 radical (unpaired) electrons. The van der Waals surface area contributed by atoms with E-state index in [0.717, 1.165) is 33.8 Å². The number of hydrogen-bond donors (Lipinski definition) is 0. The van der Waals surface area contributed by atoms with E-state index in [2.05, 4.69) is 15.1 Å². The number of aromatic nitrogens is 4. The van der Waals surface area contributed by atoms with Crippen molar-refractivity contribution in [3.63, 3.8) is 0 Å². The number of hydrogen-bond acceptors (Lipinski definition) is 6. The van der Waals surface area contributed by atoms with Gasteiger partial charge in [-0.1, -0.05) is 42.5 Å². The second-order valence-corrected chi connectivity index (χ2v) is 8.46. The van der Waals surface area contributed by atoms with Gasteiger partial charge in [-0.05, 0) is 36.4 Å². The van der Waals surface area contributed by atoms with Gasteiger partial charge >= 0.3 is 0 Å². The number of benzene rings is 3. The first-order valence-electron chi connectivity index (χ1n) is 11.6. The van der Waals surface area contributed by atoms with Gasteiger partial charge in [-0.25, -0.2) is 9.38 Å². The Morgan fingerprint density at radius 3 is 2.34 bits per heavy atom. The Hall–Kier alpha value is -4.46. The number of para-hydroxylation sites is 2. The minimum absolute atomic E-state index is 0.0564. The summed E-state index contributed by atoms with van der Waals surface area (Å²) in [6.07, 6.45) is 0. The molecule has 3 aromatic carbocycles. The van der Waals surface area contributed by atoms with Crippen LogP contribution < -0.4 is 9.64 Å². The summed E-state index contributed by atoms with van der Waals surface area (Å²) < 4.78 is 7.62. The number of methoxy groups -OCH3 is 1. The van der Waals surface area contributed by atoms with Gasteiger partial charge in [0.05, 0.1) is 18.2 Å². The molecule has 1 amide bonds. The molecule has 1 fully saturated rings. The van der Waals surface area contributed by atoms with E-state index in [0.29, 0.717) is 37.6 Å². The average molecular weight is 465 g/mol. The predicted octanol–water partition coefficient (Wildman–Crippen LogP) is 3.92. The maximum Gasteiger partial charge on any atom is 0.253 e. The molecule has 1 aliphatic heterocycles. The molecule has 8 heteroatoms. The molecule has 0 saturated carbocycles. The van der Waals surface area contributed by atoms with Crippen molar-refractivity contribution in [2.75, 3.05) is 38.2 Å². The zero-order valence-electron chi connectivity index (χ0n) is 19.3. The Morgan fingerprint density at radius 1 is 0.829 bits per heavy atom. The van der Waals surface area contributed by atoms with Crippen molar-refractivity contribution in [1.82, 2.24) is 24.5 Å². The molecule has 0 unspecified atom stereocenters. The number of anilines is 1. The van der Waals surface area contributed by atoms with Gasteiger partial charge in [0.15, 0.2) is 11.5 Å². The van der Waals surface area contributed by atoms with E-state index in [4.69, 9.17) is 9.72 Å². The Bertz CT molecular complexity index is 1520. The van der Waals surface area contributed by atoms with Crippen LogP contribution in [-0.4, -0.2) is 63.7 Å². The number of carbonyl (C=O) groups excluding carboxylic acids is 1. The Balaban J connectivity index is 1.42. The van der Waals surface area contributed by atoms with Gasteiger partial charge in [0, 0.05) is 37.1 Å². The first kappa shape index (κ1) is 21.1. The zero-order chi connectivity index (χ0) is 23.8. The quantitative estimate of drug-likeness (QED) is 0.401. The lowest BCUT2D eigenvalue weighted by molar-refractivity contribution is 0.0746. The molecule has 0 atom stereocenters. The van der Waals surface area contributed by atoms with E-state index in [1.54, 1.807) is 7.11 Å². The van der Waals surface area contributed by atoms with Crippen LogP contribution in [-0.2, 0) is 0 Å². The molecule has 2 aromatic heterocycles. The standard InChI is InChI=1S/C27H24N6O2/c1-35-23-14-8-6-12-21(23)25-30-29-24-20-11-5-7-13-22(20)28-27(33(24)25)32-17-15-31(16-18-32)26(34)19-9-3-2-4-10-19/h2-14H,15-18H2,1H3. The third kappa shape index (κ3) is 3.63. The summed E-state index contributed by atoms with van der Waals surface area (Å²) in [6.45, 7) is 2.52. The van der Waals surface area contributed by atoms with Gasteiger partial charge in [0.1, 0.15) is 5.75 Å². The Labute approximate surface area is 202 Å². The minimum Gasteiger partial charge on any atom is -0.496 e. The molecule has 0 bridgehead atoms. The zero-order valence-corrected chi connectivity index (χ0v) is 19.3. The second-order valence-electron chi connectivity index (χ2n) is 8.46. The molecular formula is C27H24N6O2. The van der Waals surface area contributed by atoms with Gasteiger partial charge in [-0.15, -0.1) is 10.2 Å². The fourth-order valence-corrected chi connectivity index (χ4v) is 4.65. The lowest BCUT2D eigenvalue weighted by Crippen LogP contribution is -2.49. The van der Waals surface area contributed by atoms with E-state index in [1.165, 1.54) is 0 Å². The highest BCUT2D eigenvalue weighted by Gasteiger charge is 2.27. The van der Waals surface area contributed by atoms with Crippen molar-refractivity contribution >= 4 is 28.4 Å². The van der Waals surface area contributed by atoms with E-state index < -0.39 is 0 Å². The third-order valence-electron chi connectivity index (χ3n) is 6.45. The molecule has 0 aliphatic carbocycles. The van der Waals surface area contributed by atoms with Crippen molar-refractivity contribution < 1.29 is 9.53 Å². The van der Waals surface area contributed by atoms with E-state index in [1.807, 2.05) is 88.2 Å². The summed E-state index contributed by atoms with van der Waals surface area (Å²) in [4.78, 5) is 22.1. The largest absolute Gasteiger partial charge is 0.496 e. The SMILES string of the molecule is COc1ccccc1-c1nnc2c3ccccc3nc(N3CCN(C(=O)c4ccccc4)CC3)n12. The first-order valence-corrected chi connectivity index (χ1v) is 11.6. The lowest BCUT2D eigenvalue weighted by atomic mass is 10.1. The highest BCUT2D eigenvalue weighted by atomic mass is 16.5. The second kappa shape index (κ2) is 8.72. The number of piperazine rings is 1. The molecular weight excluding hydrogens is 440 g/mol. The number of amides is 1. The summed E-state index contributed by atoms with van der Waals surface area (Å²) in [5.41, 5.74) is 3.16. The summed E-state index contributed by atoms with van der Waals surface area (Å²) in [7, 11) is 1.65. The molecule has 0 N–H and O–H groups in total. The molecule has 0 spiro atoms. The lowest BCUT2D eigenvalue weighted by Gasteiger charge is -2.35. The average Bonchev–Trinajstić information content (AvgIpc) is 3.38. The Morgan fingerprint density at radius 2 is 1.54 bits per heavy atom. The number of nitrogens with zero attached hydrogens (tertiary/aromatic N) is 6. The summed E-state index contributed by atoms with van der Waals surface area (Å²) in [6, 6.07) is 25.2. The molecule has 6 rings (SSSR count). The smallest absolute Gasteiger partial charge is 0.253 e. The van der Waals surface area contributed by atoms with Gasteiger partial charge < -0.3 is 14.5 Å². The van der Waals surface area contributed by atoms with Crippen LogP contribution in [0, 0.1) is 0 Å². The molecule has 35 heavy (non-hydrogen) atoms. The van der Waals surface area contributed by atoms with Crippen molar-refractivity contribution in [2.45, 2.75) is 0 Å². The van der Waals surface area contributed by atoms with E-state index in [9.17, 15) is 4.79 Å². The summed E-state index contributed by atoms with van der Waals surface area (Å²) >= 11 is 0. The van der Waals surface area contributed by atoms with Gasteiger partial charge in [0.25, 0.3) is 5.91 Å². The Kier molecular flexibility index (Phi) is 5.25. The van der Waals surface area contributed by atoms with Crippen molar-refractivity contribution in [3.8, 4) is 17.1 Å².